The standard InChI is InChI=1S/C16H17NO.C10H13NO/c1-11-9-15(10-12(2)16(11)13(3)18)17-14-7-5-4-6-8-14;1-6-4-9(11)5-7(2)10(6)8(3)12/h4-10,17H,1-3H3;4-5H,11H2,1-3H3. The van der Waals surface area contributed by atoms with Gasteiger partial charge in [-0.15, -0.1) is 0 Å². The smallest absolute Gasteiger partial charge is 0.160 e. The highest BCUT2D eigenvalue weighted by molar-refractivity contribution is 5.98. The minimum atomic E-state index is 0.102. The number of nitrogens with two attached hydrogens (primary N) is 1. The van der Waals surface area contributed by atoms with Crippen molar-refractivity contribution in [3.63, 3.8) is 0 Å². The molecule has 30 heavy (non-hydrogen) atoms. The summed E-state index contributed by atoms with van der Waals surface area (Å²) in [4.78, 5) is 22.7. The topological polar surface area (TPSA) is 72.2 Å². The molecule has 0 aromatic heterocycles. The monoisotopic (exact) mass is 402 g/mol. The summed E-state index contributed by atoms with van der Waals surface area (Å²) < 4.78 is 0. The quantitative estimate of drug-likeness (QED) is 0.395. The Morgan fingerprint density at radius 2 is 1.07 bits per heavy atom. The average Bonchev–Trinajstić information content (AvgIpc) is 2.61. The number of ketones is 2. The fourth-order valence-electron chi connectivity index (χ4n) is 3.83. The number of carbonyl (C=O) groups excluding carboxylic acids is 2. The van der Waals surface area contributed by atoms with Crippen LogP contribution in [-0.4, -0.2) is 11.6 Å². The van der Waals surface area contributed by atoms with E-state index in [0.717, 1.165) is 50.4 Å². The van der Waals surface area contributed by atoms with E-state index in [1.54, 1.807) is 13.8 Å². The third kappa shape index (κ3) is 5.80. The second kappa shape index (κ2) is 9.88. The number of nitrogen functional groups attached to an aromatic ring is 1. The van der Waals surface area contributed by atoms with Gasteiger partial charge in [-0.3, -0.25) is 9.59 Å². The summed E-state index contributed by atoms with van der Waals surface area (Å²) in [5.74, 6) is 0.223. The second-order valence-corrected chi connectivity index (χ2v) is 7.62. The van der Waals surface area contributed by atoms with Gasteiger partial charge in [-0.25, -0.2) is 0 Å². The van der Waals surface area contributed by atoms with Crippen LogP contribution in [0.4, 0.5) is 17.1 Å². The third-order valence-corrected chi connectivity index (χ3v) is 4.85. The Hall–Kier alpha value is -3.40. The maximum atomic E-state index is 11.5. The molecule has 3 rings (SSSR count). The summed E-state index contributed by atoms with van der Waals surface area (Å²) in [6.45, 7) is 10.9. The maximum absolute atomic E-state index is 11.5. The van der Waals surface area contributed by atoms with E-state index in [4.69, 9.17) is 5.73 Å². The van der Waals surface area contributed by atoms with Crippen molar-refractivity contribution in [1.82, 2.24) is 0 Å². The first-order chi connectivity index (χ1) is 14.1. The summed E-state index contributed by atoms with van der Waals surface area (Å²) >= 11 is 0. The number of rotatable bonds is 4. The second-order valence-electron chi connectivity index (χ2n) is 7.62. The molecule has 0 aliphatic heterocycles. The Morgan fingerprint density at radius 3 is 1.47 bits per heavy atom. The van der Waals surface area contributed by atoms with Crippen molar-refractivity contribution < 1.29 is 9.59 Å². The van der Waals surface area contributed by atoms with Crippen molar-refractivity contribution in [1.29, 1.82) is 0 Å². The predicted octanol–water partition coefficient (Wildman–Crippen LogP) is 6.34. The zero-order chi connectivity index (χ0) is 22.4. The van der Waals surface area contributed by atoms with Crippen LogP contribution in [0.5, 0.6) is 0 Å². The molecule has 156 valence electrons. The summed E-state index contributed by atoms with van der Waals surface area (Å²) in [5, 5.41) is 3.34. The van der Waals surface area contributed by atoms with Gasteiger partial charge in [-0.2, -0.15) is 0 Å². The van der Waals surface area contributed by atoms with Crippen molar-refractivity contribution in [2.24, 2.45) is 0 Å². The number of benzene rings is 3. The third-order valence-electron chi connectivity index (χ3n) is 4.85. The van der Waals surface area contributed by atoms with E-state index < -0.39 is 0 Å². The lowest BCUT2D eigenvalue weighted by Gasteiger charge is -2.12. The highest BCUT2D eigenvalue weighted by atomic mass is 16.1. The van der Waals surface area contributed by atoms with Crippen molar-refractivity contribution in [2.45, 2.75) is 41.5 Å². The van der Waals surface area contributed by atoms with Crippen LogP contribution in [0, 0.1) is 27.7 Å². The van der Waals surface area contributed by atoms with E-state index in [1.807, 2.05) is 82.3 Å². The van der Waals surface area contributed by atoms with Gasteiger partial charge < -0.3 is 11.1 Å². The molecule has 0 radical (unpaired) electrons. The minimum absolute atomic E-state index is 0.102. The molecule has 0 heterocycles. The number of Topliss-reactive ketones (excluding diaryl/α,β-unsaturated/α-hetero) is 2. The van der Waals surface area contributed by atoms with Gasteiger partial charge in [-0.1, -0.05) is 18.2 Å². The van der Waals surface area contributed by atoms with Crippen LogP contribution in [-0.2, 0) is 0 Å². The molecule has 4 heteroatoms. The van der Waals surface area contributed by atoms with Gasteiger partial charge in [-0.05, 0) is 100 Å². The molecular formula is C26H30N2O2. The molecular weight excluding hydrogens is 372 g/mol. The number of anilines is 3. The fraction of sp³-hybridized carbons (Fsp3) is 0.231. The van der Waals surface area contributed by atoms with Gasteiger partial charge in [0.1, 0.15) is 0 Å². The summed E-state index contributed by atoms with van der Waals surface area (Å²) in [7, 11) is 0. The zero-order valence-electron chi connectivity index (χ0n) is 18.6. The first-order valence-corrected chi connectivity index (χ1v) is 9.92. The molecule has 4 nitrogen and oxygen atoms in total. The van der Waals surface area contributed by atoms with Crippen LogP contribution < -0.4 is 11.1 Å². The van der Waals surface area contributed by atoms with Crippen LogP contribution >= 0.6 is 0 Å². The van der Waals surface area contributed by atoms with Crippen molar-refractivity contribution in [3.05, 3.63) is 88.0 Å². The molecule has 0 fully saturated rings. The molecule has 3 aromatic rings. The van der Waals surface area contributed by atoms with E-state index in [2.05, 4.69) is 5.32 Å². The molecule has 3 aromatic carbocycles. The Morgan fingerprint density at radius 1 is 0.667 bits per heavy atom. The number of hydrogen-bond donors (Lipinski definition) is 2. The molecule has 0 atom stereocenters. The molecule has 0 saturated carbocycles. The lowest BCUT2D eigenvalue weighted by Crippen LogP contribution is -2.01. The first-order valence-electron chi connectivity index (χ1n) is 9.92. The summed E-state index contributed by atoms with van der Waals surface area (Å²) in [6.07, 6.45) is 0. The van der Waals surface area contributed by atoms with Gasteiger partial charge in [0.2, 0.25) is 0 Å². The Balaban J connectivity index is 0.000000232. The van der Waals surface area contributed by atoms with Crippen molar-refractivity contribution >= 4 is 28.6 Å². The van der Waals surface area contributed by atoms with Gasteiger partial charge in [0.05, 0.1) is 0 Å². The summed E-state index contributed by atoms with van der Waals surface area (Å²) in [6, 6.07) is 17.7. The zero-order valence-corrected chi connectivity index (χ0v) is 18.6. The van der Waals surface area contributed by atoms with Gasteiger partial charge in [0.25, 0.3) is 0 Å². The minimum Gasteiger partial charge on any atom is -0.399 e. The molecule has 0 unspecified atom stereocenters. The number of para-hydroxylation sites is 1. The van der Waals surface area contributed by atoms with Crippen molar-refractivity contribution in [3.8, 4) is 0 Å². The van der Waals surface area contributed by atoms with E-state index in [1.165, 1.54) is 0 Å². The van der Waals surface area contributed by atoms with Crippen LogP contribution in [0.15, 0.2) is 54.6 Å². The average molecular weight is 403 g/mol. The van der Waals surface area contributed by atoms with Crippen LogP contribution in [0.25, 0.3) is 0 Å². The van der Waals surface area contributed by atoms with Gasteiger partial charge in [0, 0.05) is 28.2 Å². The molecule has 0 spiro atoms. The van der Waals surface area contributed by atoms with E-state index in [9.17, 15) is 9.59 Å². The Kier molecular flexibility index (Phi) is 7.54. The highest BCUT2D eigenvalue weighted by Crippen LogP contribution is 2.23. The van der Waals surface area contributed by atoms with Crippen LogP contribution in [0.2, 0.25) is 0 Å². The first kappa shape index (κ1) is 22.9. The molecule has 0 saturated heterocycles. The Bertz CT molecular complexity index is 1020. The lowest BCUT2D eigenvalue weighted by molar-refractivity contribution is 0.100. The number of hydrogen-bond acceptors (Lipinski definition) is 4. The fourth-order valence-corrected chi connectivity index (χ4v) is 3.83. The largest absolute Gasteiger partial charge is 0.399 e. The predicted molar refractivity (Wildman–Crippen MR) is 126 cm³/mol. The van der Waals surface area contributed by atoms with E-state index >= 15 is 0 Å². The number of carbonyl (C=O) groups is 2. The molecule has 0 aliphatic carbocycles. The Labute approximate surface area is 179 Å². The molecule has 0 amide bonds. The molecule has 3 N–H and O–H groups in total. The number of nitrogens with one attached hydrogen (secondary N) is 1. The lowest BCUT2D eigenvalue weighted by atomic mass is 9.99. The molecule has 0 aliphatic rings. The van der Waals surface area contributed by atoms with Crippen LogP contribution in [0.3, 0.4) is 0 Å². The van der Waals surface area contributed by atoms with Gasteiger partial charge in [0.15, 0.2) is 11.6 Å². The number of aryl methyl sites for hydroxylation is 4. The summed E-state index contributed by atoms with van der Waals surface area (Å²) in [5.41, 5.74) is 14.0. The van der Waals surface area contributed by atoms with Gasteiger partial charge >= 0.3 is 0 Å². The normalized spacial score (nSPS) is 10.1. The SMILES string of the molecule is CC(=O)c1c(C)cc(N)cc1C.CC(=O)c1c(C)cc(Nc2ccccc2)cc1C. The van der Waals surface area contributed by atoms with E-state index in [0.29, 0.717) is 0 Å². The van der Waals surface area contributed by atoms with Crippen molar-refractivity contribution in [2.75, 3.05) is 11.1 Å². The van der Waals surface area contributed by atoms with Crippen LogP contribution in [0.1, 0.15) is 56.8 Å². The highest BCUT2D eigenvalue weighted by Gasteiger charge is 2.09. The molecule has 0 bridgehead atoms. The van der Waals surface area contributed by atoms with E-state index in [-0.39, 0.29) is 11.6 Å². The maximum Gasteiger partial charge on any atom is 0.160 e.